The second-order valence-electron chi connectivity index (χ2n) is 6.90. The highest BCUT2D eigenvalue weighted by Gasteiger charge is 2.25. The summed E-state index contributed by atoms with van der Waals surface area (Å²) in [5, 5.41) is 1.64. The van der Waals surface area contributed by atoms with Crippen molar-refractivity contribution in [1.82, 2.24) is 0 Å². The molecule has 0 bridgehead atoms. The van der Waals surface area contributed by atoms with Gasteiger partial charge in [0.25, 0.3) is 0 Å². The minimum absolute atomic E-state index is 0.0475. The molecule has 0 N–H and O–H groups in total. The first kappa shape index (κ1) is 20.0. The van der Waals surface area contributed by atoms with Crippen LogP contribution in [0, 0.1) is 13.8 Å². The SMILES string of the molecule is CCOC(=O)c1c(C)oc2c1cc(OS(=O)(=O)c1ccc(C)cc1)c1ccccc12. The average Bonchev–Trinajstić information content (AvgIpc) is 3.04. The van der Waals surface area contributed by atoms with Gasteiger partial charge in [-0.1, -0.05) is 42.0 Å². The Hall–Kier alpha value is -3.32. The van der Waals surface area contributed by atoms with Crippen molar-refractivity contribution in [3.8, 4) is 5.75 Å². The van der Waals surface area contributed by atoms with Crippen LogP contribution in [0.4, 0.5) is 0 Å². The number of furan rings is 1. The van der Waals surface area contributed by atoms with Gasteiger partial charge < -0.3 is 13.3 Å². The Balaban J connectivity index is 1.93. The highest BCUT2D eigenvalue weighted by atomic mass is 32.2. The number of rotatable bonds is 5. The third-order valence-corrected chi connectivity index (χ3v) is 6.07. The molecule has 7 heteroatoms. The fraction of sp³-hybridized carbons (Fsp3) is 0.174. The van der Waals surface area contributed by atoms with Crippen LogP contribution in [0.1, 0.15) is 28.6 Å². The van der Waals surface area contributed by atoms with Crippen LogP contribution in [0.25, 0.3) is 21.7 Å². The molecule has 0 saturated heterocycles. The normalized spacial score (nSPS) is 11.7. The number of fused-ring (bicyclic) bond motifs is 3. The van der Waals surface area contributed by atoms with E-state index in [2.05, 4.69) is 0 Å². The van der Waals surface area contributed by atoms with Gasteiger partial charge in [0.05, 0.1) is 6.61 Å². The van der Waals surface area contributed by atoms with Crippen LogP contribution in [0.2, 0.25) is 0 Å². The molecule has 0 spiro atoms. The molecule has 0 fully saturated rings. The van der Waals surface area contributed by atoms with E-state index < -0.39 is 16.1 Å². The second kappa shape index (κ2) is 7.50. The molecular weight excluding hydrogens is 404 g/mol. The van der Waals surface area contributed by atoms with E-state index in [0.29, 0.717) is 27.5 Å². The van der Waals surface area contributed by atoms with Crippen LogP contribution in [-0.2, 0) is 14.9 Å². The lowest BCUT2D eigenvalue weighted by Gasteiger charge is -2.11. The van der Waals surface area contributed by atoms with Crippen LogP contribution in [-0.4, -0.2) is 21.0 Å². The van der Waals surface area contributed by atoms with Gasteiger partial charge in [-0.2, -0.15) is 8.42 Å². The van der Waals surface area contributed by atoms with Crippen LogP contribution in [0.3, 0.4) is 0 Å². The minimum Gasteiger partial charge on any atom is -0.462 e. The number of aryl methyl sites for hydroxylation is 2. The molecule has 0 radical (unpaired) electrons. The van der Waals surface area contributed by atoms with E-state index in [-0.39, 0.29) is 22.8 Å². The predicted molar refractivity (Wildman–Crippen MR) is 113 cm³/mol. The number of carbonyl (C=O) groups excluding carboxylic acids is 1. The summed E-state index contributed by atoms with van der Waals surface area (Å²) in [7, 11) is -4.07. The van der Waals surface area contributed by atoms with Gasteiger partial charge in [0.2, 0.25) is 0 Å². The zero-order valence-electron chi connectivity index (χ0n) is 16.8. The highest BCUT2D eigenvalue weighted by molar-refractivity contribution is 7.87. The molecule has 0 saturated carbocycles. The Bertz CT molecular complexity index is 1360. The highest BCUT2D eigenvalue weighted by Crippen LogP contribution is 2.39. The van der Waals surface area contributed by atoms with Crippen molar-refractivity contribution < 1.29 is 26.5 Å². The van der Waals surface area contributed by atoms with Crippen LogP contribution in [0.5, 0.6) is 5.75 Å². The van der Waals surface area contributed by atoms with Gasteiger partial charge in [0, 0.05) is 16.2 Å². The summed E-state index contributed by atoms with van der Waals surface area (Å²) >= 11 is 0. The summed E-state index contributed by atoms with van der Waals surface area (Å²) in [4.78, 5) is 12.5. The maximum atomic E-state index is 12.9. The zero-order valence-corrected chi connectivity index (χ0v) is 17.6. The summed E-state index contributed by atoms with van der Waals surface area (Å²) in [5.41, 5.74) is 1.68. The molecule has 1 heterocycles. The molecule has 30 heavy (non-hydrogen) atoms. The standard InChI is InChI=1S/C23H20O6S/c1-4-27-23(24)21-15(3)28-22-18-8-6-5-7-17(18)20(13-19(21)22)29-30(25,26)16-11-9-14(2)10-12-16/h5-13H,4H2,1-3H3. The van der Waals surface area contributed by atoms with Crippen LogP contribution < -0.4 is 4.18 Å². The number of hydrogen-bond acceptors (Lipinski definition) is 6. The maximum Gasteiger partial charge on any atom is 0.342 e. The van der Waals surface area contributed by atoms with Gasteiger partial charge in [-0.3, -0.25) is 0 Å². The summed E-state index contributed by atoms with van der Waals surface area (Å²) in [6.45, 7) is 5.47. The monoisotopic (exact) mass is 424 g/mol. The third kappa shape index (κ3) is 3.41. The fourth-order valence-electron chi connectivity index (χ4n) is 3.40. The van der Waals surface area contributed by atoms with Crippen molar-refractivity contribution in [3.05, 3.63) is 71.5 Å². The van der Waals surface area contributed by atoms with Crippen molar-refractivity contribution in [1.29, 1.82) is 0 Å². The summed E-state index contributed by atoms with van der Waals surface area (Å²) in [6, 6.07) is 15.0. The third-order valence-electron chi connectivity index (χ3n) is 4.82. The molecule has 0 atom stereocenters. The molecule has 3 aromatic carbocycles. The second-order valence-corrected chi connectivity index (χ2v) is 8.45. The van der Waals surface area contributed by atoms with Crippen molar-refractivity contribution >= 4 is 37.8 Å². The van der Waals surface area contributed by atoms with Gasteiger partial charge in [-0.15, -0.1) is 0 Å². The van der Waals surface area contributed by atoms with E-state index in [4.69, 9.17) is 13.3 Å². The van der Waals surface area contributed by atoms with Crippen LogP contribution >= 0.6 is 0 Å². The Kier molecular flexibility index (Phi) is 4.99. The molecule has 4 rings (SSSR count). The lowest BCUT2D eigenvalue weighted by Crippen LogP contribution is -2.10. The molecule has 6 nitrogen and oxygen atoms in total. The average molecular weight is 424 g/mol. The van der Waals surface area contributed by atoms with E-state index in [9.17, 15) is 13.2 Å². The van der Waals surface area contributed by atoms with Crippen molar-refractivity contribution in [2.45, 2.75) is 25.7 Å². The first-order chi connectivity index (χ1) is 14.3. The molecule has 154 valence electrons. The number of carbonyl (C=O) groups is 1. The largest absolute Gasteiger partial charge is 0.462 e. The topological polar surface area (TPSA) is 82.8 Å². The first-order valence-corrected chi connectivity index (χ1v) is 10.9. The van der Waals surface area contributed by atoms with Crippen LogP contribution in [0.15, 0.2) is 63.9 Å². The minimum atomic E-state index is -4.07. The zero-order chi connectivity index (χ0) is 21.5. The van der Waals surface area contributed by atoms with Crippen molar-refractivity contribution in [2.75, 3.05) is 6.61 Å². The van der Waals surface area contributed by atoms with E-state index in [1.807, 2.05) is 13.0 Å². The Morgan fingerprint density at radius 3 is 2.30 bits per heavy atom. The Morgan fingerprint density at radius 1 is 0.967 bits per heavy atom. The number of hydrogen-bond donors (Lipinski definition) is 0. The van der Waals surface area contributed by atoms with E-state index >= 15 is 0 Å². The Morgan fingerprint density at radius 2 is 1.63 bits per heavy atom. The number of benzene rings is 3. The number of ether oxygens (including phenoxy) is 1. The first-order valence-electron chi connectivity index (χ1n) is 9.45. The molecule has 0 amide bonds. The lowest BCUT2D eigenvalue weighted by atomic mass is 10.0. The summed E-state index contributed by atoms with van der Waals surface area (Å²) < 4.78 is 42.3. The van der Waals surface area contributed by atoms with Crippen molar-refractivity contribution in [2.24, 2.45) is 0 Å². The van der Waals surface area contributed by atoms with E-state index in [1.54, 1.807) is 44.2 Å². The van der Waals surface area contributed by atoms with Gasteiger partial charge in [0.1, 0.15) is 21.8 Å². The quantitative estimate of drug-likeness (QED) is 0.326. The predicted octanol–water partition coefficient (Wildman–Crippen LogP) is 5.15. The Labute approximate surface area is 174 Å². The fourth-order valence-corrected chi connectivity index (χ4v) is 4.34. The van der Waals surface area contributed by atoms with Gasteiger partial charge >= 0.3 is 16.1 Å². The maximum absolute atomic E-state index is 12.9. The van der Waals surface area contributed by atoms with Gasteiger partial charge in [0.15, 0.2) is 5.75 Å². The van der Waals surface area contributed by atoms with E-state index in [0.717, 1.165) is 5.56 Å². The summed E-state index contributed by atoms with van der Waals surface area (Å²) in [6.07, 6.45) is 0. The number of esters is 1. The molecule has 0 unspecified atom stereocenters. The lowest BCUT2D eigenvalue weighted by molar-refractivity contribution is 0.0526. The molecule has 0 aliphatic carbocycles. The molecular formula is C23H20O6S. The molecule has 1 aromatic heterocycles. The molecule has 0 aliphatic rings. The van der Waals surface area contributed by atoms with Gasteiger partial charge in [-0.25, -0.2) is 4.79 Å². The van der Waals surface area contributed by atoms with E-state index in [1.165, 1.54) is 18.2 Å². The molecule has 0 aliphatic heterocycles. The van der Waals surface area contributed by atoms with Gasteiger partial charge in [-0.05, 0) is 39.0 Å². The summed E-state index contributed by atoms with van der Waals surface area (Å²) in [5.74, 6) is -0.0199. The smallest absolute Gasteiger partial charge is 0.342 e. The molecule has 4 aromatic rings. The van der Waals surface area contributed by atoms with Crippen molar-refractivity contribution in [3.63, 3.8) is 0 Å².